The van der Waals surface area contributed by atoms with Crippen molar-refractivity contribution in [2.75, 3.05) is 46.7 Å². The van der Waals surface area contributed by atoms with E-state index in [2.05, 4.69) is 0 Å². The average Bonchev–Trinajstić information content (AvgIpc) is 2.35. The van der Waals surface area contributed by atoms with Gasteiger partial charge in [-0.1, -0.05) is 0 Å². The molecule has 1 rings (SSSR count). The molecular weight excluding hydrogens is 206 g/mol. The number of hydrogen-bond donors (Lipinski definition) is 1. The van der Waals surface area contributed by atoms with Gasteiger partial charge in [-0.05, 0) is 37.6 Å². The van der Waals surface area contributed by atoms with E-state index in [1.807, 2.05) is 0 Å². The maximum Gasteiger partial charge on any atom is 0.0700 e. The molecule has 0 amide bonds. The van der Waals surface area contributed by atoms with Crippen LogP contribution < -0.4 is 5.73 Å². The molecule has 1 aliphatic heterocycles. The van der Waals surface area contributed by atoms with Crippen LogP contribution >= 0.6 is 0 Å². The molecule has 0 aromatic rings. The molecular formula is C12H25NO3. The topological polar surface area (TPSA) is 53.7 Å². The first-order chi connectivity index (χ1) is 7.83. The molecule has 0 aromatic heterocycles. The van der Waals surface area contributed by atoms with Gasteiger partial charge in [0.05, 0.1) is 13.2 Å². The predicted molar refractivity (Wildman–Crippen MR) is 63.5 cm³/mol. The highest BCUT2D eigenvalue weighted by Gasteiger charge is 2.30. The van der Waals surface area contributed by atoms with Crippen LogP contribution in [0.25, 0.3) is 0 Å². The number of hydrogen-bond acceptors (Lipinski definition) is 4. The smallest absolute Gasteiger partial charge is 0.0700 e. The maximum atomic E-state index is 5.88. The van der Waals surface area contributed by atoms with Gasteiger partial charge >= 0.3 is 0 Å². The van der Waals surface area contributed by atoms with E-state index in [4.69, 9.17) is 19.9 Å². The second-order valence-electron chi connectivity index (χ2n) is 4.53. The third-order valence-electron chi connectivity index (χ3n) is 3.41. The van der Waals surface area contributed by atoms with Gasteiger partial charge in [0.15, 0.2) is 0 Å². The monoisotopic (exact) mass is 231 g/mol. The first-order valence-electron chi connectivity index (χ1n) is 6.17. The van der Waals surface area contributed by atoms with Crippen molar-refractivity contribution in [1.29, 1.82) is 0 Å². The van der Waals surface area contributed by atoms with Crippen molar-refractivity contribution in [1.82, 2.24) is 0 Å². The minimum atomic E-state index is 0.308. The highest BCUT2D eigenvalue weighted by molar-refractivity contribution is 4.82. The first-order valence-corrected chi connectivity index (χ1v) is 6.17. The molecule has 0 spiro atoms. The fraction of sp³-hybridized carbons (Fsp3) is 1.00. The summed E-state index contributed by atoms with van der Waals surface area (Å²) in [4.78, 5) is 0. The molecule has 2 N–H and O–H groups in total. The third-order valence-corrected chi connectivity index (χ3v) is 3.41. The van der Waals surface area contributed by atoms with Crippen molar-refractivity contribution in [2.24, 2.45) is 11.1 Å². The van der Waals surface area contributed by atoms with Gasteiger partial charge in [0.2, 0.25) is 0 Å². The molecule has 0 aliphatic carbocycles. The quantitative estimate of drug-likeness (QED) is 0.637. The average molecular weight is 231 g/mol. The summed E-state index contributed by atoms with van der Waals surface area (Å²) in [5, 5.41) is 0. The highest BCUT2D eigenvalue weighted by atomic mass is 16.5. The number of rotatable bonds is 8. The van der Waals surface area contributed by atoms with E-state index in [1.54, 1.807) is 7.11 Å². The van der Waals surface area contributed by atoms with E-state index in [-0.39, 0.29) is 0 Å². The van der Waals surface area contributed by atoms with Crippen molar-refractivity contribution in [3.8, 4) is 0 Å². The second-order valence-corrected chi connectivity index (χ2v) is 4.53. The summed E-state index contributed by atoms with van der Waals surface area (Å²) in [6.07, 6.45) is 4.43. The minimum Gasteiger partial charge on any atom is -0.382 e. The van der Waals surface area contributed by atoms with Crippen LogP contribution in [0.5, 0.6) is 0 Å². The van der Waals surface area contributed by atoms with Gasteiger partial charge in [-0.2, -0.15) is 0 Å². The largest absolute Gasteiger partial charge is 0.382 e. The molecule has 96 valence electrons. The standard InChI is InChI=1S/C12H25NO3/c1-14-9-10-15-6-2-3-12(11-13)4-7-16-8-5-12/h2-11,13H2,1H3. The lowest BCUT2D eigenvalue weighted by atomic mass is 9.76. The fourth-order valence-corrected chi connectivity index (χ4v) is 2.15. The Labute approximate surface area is 98.4 Å². The van der Waals surface area contributed by atoms with E-state index >= 15 is 0 Å². The molecule has 4 heteroatoms. The Morgan fingerprint density at radius 3 is 2.56 bits per heavy atom. The third kappa shape index (κ3) is 4.78. The van der Waals surface area contributed by atoms with E-state index in [0.29, 0.717) is 18.6 Å². The zero-order chi connectivity index (χ0) is 11.7. The van der Waals surface area contributed by atoms with Gasteiger partial charge in [0, 0.05) is 26.9 Å². The first kappa shape index (κ1) is 13.9. The van der Waals surface area contributed by atoms with Crippen molar-refractivity contribution >= 4 is 0 Å². The van der Waals surface area contributed by atoms with E-state index in [0.717, 1.165) is 52.0 Å². The van der Waals surface area contributed by atoms with Crippen molar-refractivity contribution in [3.05, 3.63) is 0 Å². The molecule has 0 atom stereocenters. The van der Waals surface area contributed by atoms with Gasteiger partial charge < -0.3 is 19.9 Å². The van der Waals surface area contributed by atoms with Gasteiger partial charge in [-0.3, -0.25) is 0 Å². The molecule has 0 aromatic carbocycles. The summed E-state index contributed by atoms with van der Waals surface area (Å²) < 4.78 is 15.8. The zero-order valence-corrected chi connectivity index (χ0v) is 10.4. The van der Waals surface area contributed by atoms with Gasteiger partial charge in [0.1, 0.15) is 0 Å². The van der Waals surface area contributed by atoms with Crippen molar-refractivity contribution in [3.63, 3.8) is 0 Å². The Morgan fingerprint density at radius 2 is 1.94 bits per heavy atom. The lowest BCUT2D eigenvalue weighted by Crippen LogP contribution is -2.36. The van der Waals surface area contributed by atoms with Crippen LogP contribution in [0.2, 0.25) is 0 Å². The Bertz CT molecular complexity index is 170. The molecule has 0 radical (unpaired) electrons. The summed E-state index contributed by atoms with van der Waals surface area (Å²) in [6.45, 7) is 4.68. The van der Waals surface area contributed by atoms with Crippen LogP contribution in [0.15, 0.2) is 0 Å². The number of nitrogens with two attached hydrogens (primary N) is 1. The molecule has 1 saturated heterocycles. The zero-order valence-electron chi connectivity index (χ0n) is 10.4. The molecule has 0 saturated carbocycles. The Hall–Kier alpha value is -0.160. The normalized spacial score (nSPS) is 19.9. The van der Waals surface area contributed by atoms with Gasteiger partial charge in [-0.15, -0.1) is 0 Å². The van der Waals surface area contributed by atoms with Gasteiger partial charge in [0.25, 0.3) is 0 Å². The Morgan fingerprint density at radius 1 is 1.19 bits per heavy atom. The number of ether oxygens (including phenoxy) is 3. The fourth-order valence-electron chi connectivity index (χ4n) is 2.15. The van der Waals surface area contributed by atoms with Crippen LogP contribution in [0.4, 0.5) is 0 Å². The van der Waals surface area contributed by atoms with Crippen molar-refractivity contribution < 1.29 is 14.2 Å². The van der Waals surface area contributed by atoms with E-state index < -0.39 is 0 Å². The van der Waals surface area contributed by atoms with Crippen LogP contribution in [-0.2, 0) is 14.2 Å². The molecule has 1 aliphatic rings. The Balaban J connectivity index is 2.08. The highest BCUT2D eigenvalue weighted by Crippen LogP contribution is 2.34. The molecule has 1 heterocycles. The summed E-state index contributed by atoms with van der Waals surface area (Å²) >= 11 is 0. The predicted octanol–water partition coefficient (Wildman–Crippen LogP) is 1.19. The maximum absolute atomic E-state index is 5.88. The van der Waals surface area contributed by atoms with E-state index in [9.17, 15) is 0 Å². The Kier molecular flexibility index (Phi) is 6.96. The van der Waals surface area contributed by atoms with Crippen LogP contribution in [0.3, 0.4) is 0 Å². The molecule has 1 fully saturated rings. The van der Waals surface area contributed by atoms with Gasteiger partial charge in [-0.25, -0.2) is 0 Å². The number of methoxy groups -OCH3 is 1. The van der Waals surface area contributed by atoms with Crippen LogP contribution in [0, 0.1) is 5.41 Å². The molecule has 0 bridgehead atoms. The summed E-state index contributed by atoms with van der Waals surface area (Å²) in [7, 11) is 1.69. The second kappa shape index (κ2) is 8.01. The lowest BCUT2D eigenvalue weighted by molar-refractivity contribution is 0.00674. The minimum absolute atomic E-state index is 0.308. The van der Waals surface area contributed by atoms with Crippen LogP contribution in [0.1, 0.15) is 25.7 Å². The lowest BCUT2D eigenvalue weighted by Gasteiger charge is -2.36. The SMILES string of the molecule is COCCOCCCC1(CN)CCOCC1. The van der Waals surface area contributed by atoms with E-state index in [1.165, 1.54) is 0 Å². The van der Waals surface area contributed by atoms with Crippen LogP contribution in [-0.4, -0.2) is 46.7 Å². The van der Waals surface area contributed by atoms with Crippen molar-refractivity contribution in [2.45, 2.75) is 25.7 Å². The summed E-state index contributed by atoms with van der Waals surface area (Å²) in [6, 6.07) is 0. The molecule has 16 heavy (non-hydrogen) atoms. The molecule has 4 nitrogen and oxygen atoms in total. The summed E-state index contributed by atoms with van der Waals surface area (Å²) in [5.74, 6) is 0. The molecule has 0 unspecified atom stereocenters. The summed E-state index contributed by atoms with van der Waals surface area (Å²) in [5.41, 5.74) is 6.19.